The van der Waals surface area contributed by atoms with E-state index in [1.54, 1.807) is 0 Å². The third-order valence-corrected chi connectivity index (χ3v) is 7.56. The topological polar surface area (TPSA) is 4.93 Å². The molecule has 0 saturated heterocycles. The van der Waals surface area contributed by atoms with Crippen LogP contribution in [0.5, 0.6) is 0 Å². The van der Waals surface area contributed by atoms with Crippen molar-refractivity contribution in [3.63, 3.8) is 0 Å². The molecule has 0 spiro atoms. The van der Waals surface area contributed by atoms with Gasteiger partial charge in [-0.3, -0.25) is 0 Å². The van der Waals surface area contributed by atoms with Crippen LogP contribution in [0.3, 0.4) is 0 Å². The molecule has 0 fully saturated rings. The normalized spacial score (nSPS) is 13.8. The van der Waals surface area contributed by atoms with Gasteiger partial charge in [-0.1, -0.05) is 113 Å². The highest BCUT2D eigenvalue weighted by Crippen LogP contribution is 2.54. The van der Waals surface area contributed by atoms with Crippen molar-refractivity contribution in [2.75, 3.05) is 0 Å². The second kappa shape index (κ2) is 6.94. The lowest BCUT2D eigenvalue weighted by molar-refractivity contribution is 0.727. The Labute approximate surface area is 201 Å². The van der Waals surface area contributed by atoms with Gasteiger partial charge in [0.05, 0.1) is 22.1 Å². The summed E-state index contributed by atoms with van der Waals surface area (Å²) in [5, 5.41) is 2.56. The van der Waals surface area contributed by atoms with Crippen molar-refractivity contribution in [1.29, 1.82) is 0 Å². The SMILES string of the molecule is Brc1cc2c3c(c1)c1ccccc1n3-c1ccccc1C2(c1ccccc1)c1ccccc1. The fourth-order valence-corrected chi connectivity index (χ4v) is 6.35. The highest BCUT2D eigenvalue weighted by atomic mass is 79.9. The molecule has 0 radical (unpaired) electrons. The number of nitrogens with zero attached hydrogens (tertiary/aromatic N) is 1. The zero-order valence-electron chi connectivity index (χ0n) is 17.9. The molecule has 0 bridgehead atoms. The monoisotopic (exact) mass is 485 g/mol. The highest BCUT2D eigenvalue weighted by molar-refractivity contribution is 9.10. The lowest BCUT2D eigenvalue weighted by atomic mass is 9.63. The van der Waals surface area contributed by atoms with Crippen molar-refractivity contribution in [1.82, 2.24) is 4.57 Å². The Kier molecular flexibility index (Phi) is 3.97. The zero-order valence-corrected chi connectivity index (χ0v) is 19.5. The maximum atomic E-state index is 3.87. The van der Waals surface area contributed by atoms with Gasteiger partial charge >= 0.3 is 0 Å². The Balaban J connectivity index is 1.81. The minimum Gasteiger partial charge on any atom is -0.309 e. The van der Waals surface area contributed by atoms with Gasteiger partial charge in [-0.05, 0) is 46.5 Å². The summed E-state index contributed by atoms with van der Waals surface area (Å²) in [5.41, 5.74) is 8.51. The average Bonchev–Trinajstić information content (AvgIpc) is 3.21. The predicted octanol–water partition coefficient (Wildman–Crippen LogP) is 8.24. The summed E-state index contributed by atoms with van der Waals surface area (Å²) in [4.78, 5) is 0. The maximum absolute atomic E-state index is 3.87. The second-order valence-corrected chi connectivity index (χ2v) is 9.62. The summed E-state index contributed by atoms with van der Waals surface area (Å²) in [7, 11) is 0. The first-order valence-corrected chi connectivity index (χ1v) is 12.0. The van der Waals surface area contributed by atoms with Crippen molar-refractivity contribution in [3.05, 3.63) is 148 Å². The van der Waals surface area contributed by atoms with E-state index in [1.807, 2.05) is 0 Å². The first kappa shape index (κ1) is 18.9. The van der Waals surface area contributed by atoms with Gasteiger partial charge in [0.25, 0.3) is 0 Å². The van der Waals surface area contributed by atoms with Crippen LogP contribution < -0.4 is 0 Å². The molecule has 1 nitrogen and oxygen atoms in total. The van der Waals surface area contributed by atoms with Crippen LogP contribution in [-0.2, 0) is 5.41 Å². The van der Waals surface area contributed by atoms with Crippen LogP contribution in [0.4, 0.5) is 0 Å². The molecule has 0 atom stereocenters. The van der Waals surface area contributed by atoms with Crippen molar-refractivity contribution in [2.24, 2.45) is 0 Å². The standard InChI is InChI=1S/C31H20BrN/c32-23-19-25-24-15-7-9-17-28(24)33-29-18-10-8-16-26(29)31(27(20-23)30(25)33,21-11-3-1-4-12-21)22-13-5-2-6-14-22/h1-20H. The predicted molar refractivity (Wildman–Crippen MR) is 140 cm³/mol. The van der Waals surface area contributed by atoms with Gasteiger partial charge in [-0.2, -0.15) is 0 Å². The summed E-state index contributed by atoms with van der Waals surface area (Å²) < 4.78 is 3.56. The highest BCUT2D eigenvalue weighted by Gasteiger charge is 2.45. The number of para-hydroxylation sites is 2. The van der Waals surface area contributed by atoms with Gasteiger partial charge in [0.1, 0.15) is 0 Å². The van der Waals surface area contributed by atoms with Gasteiger partial charge in [0, 0.05) is 15.2 Å². The number of aromatic nitrogens is 1. The van der Waals surface area contributed by atoms with Gasteiger partial charge < -0.3 is 4.57 Å². The molecule has 0 saturated carbocycles. The van der Waals surface area contributed by atoms with E-state index < -0.39 is 5.41 Å². The number of benzene rings is 5. The van der Waals surface area contributed by atoms with Crippen molar-refractivity contribution in [3.8, 4) is 5.69 Å². The molecule has 0 unspecified atom stereocenters. The Morgan fingerprint density at radius 1 is 0.545 bits per heavy atom. The molecule has 1 aromatic heterocycles. The van der Waals surface area contributed by atoms with Crippen LogP contribution >= 0.6 is 15.9 Å². The van der Waals surface area contributed by atoms with Gasteiger partial charge in [-0.25, -0.2) is 0 Å². The molecule has 1 aliphatic heterocycles. The van der Waals surface area contributed by atoms with Crippen LogP contribution in [0.15, 0.2) is 126 Å². The Morgan fingerprint density at radius 2 is 1.15 bits per heavy atom. The third kappa shape index (κ3) is 2.42. The fraction of sp³-hybridized carbons (Fsp3) is 0.0323. The molecule has 2 heteroatoms. The van der Waals surface area contributed by atoms with E-state index >= 15 is 0 Å². The molecular formula is C31H20BrN. The minimum atomic E-state index is -0.425. The quantitative estimate of drug-likeness (QED) is 0.232. The minimum absolute atomic E-state index is 0.425. The largest absolute Gasteiger partial charge is 0.309 e. The summed E-state index contributed by atoms with van der Waals surface area (Å²) >= 11 is 3.87. The number of halogens is 1. The molecule has 5 aromatic carbocycles. The smallest absolute Gasteiger partial charge is 0.0742 e. The van der Waals surface area contributed by atoms with Crippen LogP contribution in [0.2, 0.25) is 0 Å². The Morgan fingerprint density at radius 3 is 1.88 bits per heavy atom. The third-order valence-electron chi connectivity index (χ3n) is 7.10. The van der Waals surface area contributed by atoms with Crippen LogP contribution in [-0.4, -0.2) is 4.57 Å². The molecule has 0 amide bonds. The molecule has 7 rings (SSSR count). The molecule has 1 aliphatic rings. The molecule has 2 heterocycles. The van der Waals surface area contributed by atoms with E-state index in [0.29, 0.717) is 0 Å². The van der Waals surface area contributed by atoms with Gasteiger partial charge in [0.15, 0.2) is 0 Å². The molecule has 33 heavy (non-hydrogen) atoms. The average molecular weight is 486 g/mol. The van der Waals surface area contributed by atoms with E-state index in [2.05, 4.69) is 142 Å². The molecule has 156 valence electrons. The summed E-state index contributed by atoms with van der Waals surface area (Å²) in [5.74, 6) is 0. The summed E-state index contributed by atoms with van der Waals surface area (Å²) in [6, 6.07) is 44.2. The lowest BCUT2D eigenvalue weighted by Crippen LogP contribution is -2.35. The summed E-state index contributed by atoms with van der Waals surface area (Å²) in [6.07, 6.45) is 0. The first-order valence-electron chi connectivity index (χ1n) is 11.2. The first-order chi connectivity index (χ1) is 16.3. The van der Waals surface area contributed by atoms with Gasteiger partial charge in [0.2, 0.25) is 0 Å². The van der Waals surface area contributed by atoms with Crippen LogP contribution in [0, 0.1) is 0 Å². The van der Waals surface area contributed by atoms with E-state index in [0.717, 1.165) is 4.47 Å². The lowest BCUT2D eigenvalue weighted by Gasteiger charge is -2.41. The van der Waals surface area contributed by atoms with E-state index in [-0.39, 0.29) is 0 Å². The second-order valence-electron chi connectivity index (χ2n) is 8.70. The molecule has 0 aliphatic carbocycles. The molecule has 6 aromatic rings. The Hall–Kier alpha value is -3.62. The van der Waals surface area contributed by atoms with Crippen molar-refractivity contribution in [2.45, 2.75) is 5.41 Å². The molecular weight excluding hydrogens is 466 g/mol. The Bertz CT molecular complexity index is 1620. The van der Waals surface area contributed by atoms with Crippen molar-refractivity contribution < 1.29 is 0 Å². The van der Waals surface area contributed by atoms with Gasteiger partial charge in [-0.15, -0.1) is 0 Å². The van der Waals surface area contributed by atoms with E-state index in [1.165, 1.54) is 49.7 Å². The van der Waals surface area contributed by atoms with Crippen LogP contribution in [0.25, 0.3) is 27.5 Å². The number of hydrogen-bond acceptors (Lipinski definition) is 0. The molecule has 0 N–H and O–H groups in total. The fourth-order valence-electron chi connectivity index (χ4n) is 5.89. The van der Waals surface area contributed by atoms with E-state index in [9.17, 15) is 0 Å². The number of rotatable bonds is 2. The maximum Gasteiger partial charge on any atom is 0.0742 e. The van der Waals surface area contributed by atoms with E-state index in [4.69, 9.17) is 0 Å². The van der Waals surface area contributed by atoms with Crippen molar-refractivity contribution >= 4 is 37.7 Å². The van der Waals surface area contributed by atoms with Crippen LogP contribution in [0.1, 0.15) is 22.3 Å². The number of fused-ring (bicyclic) bond motifs is 5. The summed E-state index contributed by atoms with van der Waals surface area (Å²) in [6.45, 7) is 0. The zero-order chi connectivity index (χ0) is 22.0. The number of hydrogen-bond donors (Lipinski definition) is 0.